The van der Waals surface area contributed by atoms with Crippen molar-refractivity contribution < 1.29 is 4.79 Å². The summed E-state index contributed by atoms with van der Waals surface area (Å²) in [4.78, 5) is 12.5. The van der Waals surface area contributed by atoms with Gasteiger partial charge in [0.05, 0.1) is 5.69 Å². The summed E-state index contributed by atoms with van der Waals surface area (Å²) in [7, 11) is 0. The minimum Gasteiger partial charge on any atom is -0.325 e. The zero-order chi connectivity index (χ0) is 11.1. The fraction of sp³-hybridized carbons (Fsp3) is 0.364. The van der Waals surface area contributed by atoms with Crippen LogP contribution < -0.4 is 5.32 Å². The molecule has 1 aromatic rings. The molecule has 2 nitrogen and oxygen atoms in total. The lowest BCUT2D eigenvalue weighted by Gasteiger charge is -2.08. The first-order valence-corrected chi connectivity index (χ1v) is 6.52. The highest BCUT2D eigenvalue weighted by Crippen LogP contribution is 2.24. The minimum absolute atomic E-state index is 0.0251. The van der Waals surface area contributed by atoms with Gasteiger partial charge < -0.3 is 5.32 Å². The van der Waals surface area contributed by atoms with Crippen LogP contribution in [-0.4, -0.2) is 18.0 Å². The maximum atomic E-state index is 11.5. The van der Waals surface area contributed by atoms with E-state index in [1.807, 2.05) is 30.5 Å². The SMILES string of the molecule is CSc1ccccc1NC(=O)CCCCl. The van der Waals surface area contributed by atoms with Crippen LogP contribution in [0.5, 0.6) is 0 Å². The smallest absolute Gasteiger partial charge is 0.224 e. The molecule has 0 heterocycles. The molecule has 0 atom stereocenters. The zero-order valence-electron chi connectivity index (χ0n) is 8.63. The molecule has 0 bridgehead atoms. The van der Waals surface area contributed by atoms with E-state index in [0.29, 0.717) is 12.3 Å². The van der Waals surface area contributed by atoms with Gasteiger partial charge in [0.2, 0.25) is 5.91 Å². The predicted molar refractivity (Wildman–Crippen MR) is 66.8 cm³/mol. The number of benzene rings is 1. The Kier molecular flexibility index (Phi) is 5.58. The number of carbonyl (C=O) groups excluding carboxylic acids is 1. The van der Waals surface area contributed by atoms with Gasteiger partial charge in [-0.3, -0.25) is 4.79 Å². The highest BCUT2D eigenvalue weighted by atomic mass is 35.5. The third-order valence-corrected chi connectivity index (χ3v) is 2.98. The van der Waals surface area contributed by atoms with Gasteiger partial charge in [0.15, 0.2) is 0 Å². The van der Waals surface area contributed by atoms with Crippen molar-refractivity contribution in [3.63, 3.8) is 0 Å². The zero-order valence-corrected chi connectivity index (χ0v) is 10.2. The van der Waals surface area contributed by atoms with Gasteiger partial charge in [-0.25, -0.2) is 0 Å². The van der Waals surface area contributed by atoms with Crippen molar-refractivity contribution in [2.24, 2.45) is 0 Å². The number of alkyl halides is 1. The van der Waals surface area contributed by atoms with E-state index in [-0.39, 0.29) is 5.91 Å². The Morgan fingerprint density at radius 1 is 1.47 bits per heavy atom. The fourth-order valence-corrected chi connectivity index (χ4v) is 1.88. The number of carbonyl (C=O) groups is 1. The van der Waals surface area contributed by atoms with Crippen molar-refractivity contribution in [3.05, 3.63) is 24.3 Å². The normalized spacial score (nSPS) is 10.0. The Balaban J connectivity index is 2.59. The molecule has 0 fully saturated rings. The average Bonchev–Trinajstić information content (AvgIpc) is 2.27. The standard InChI is InChI=1S/C11H14ClNOS/c1-15-10-6-3-2-5-9(10)13-11(14)7-4-8-12/h2-3,5-6H,4,7-8H2,1H3,(H,13,14). The van der Waals surface area contributed by atoms with Gasteiger partial charge >= 0.3 is 0 Å². The summed E-state index contributed by atoms with van der Waals surface area (Å²) in [6, 6.07) is 7.77. The predicted octanol–water partition coefficient (Wildman–Crippen LogP) is 3.37. The molecule has 1 N–H and O–H groups in total. The topological polar surface area (TPSA) is 29.1 Å². The second kappa shape index (κ2) is 6.75. The Hall–Kier alpha value is -0.670. The van der Waals surface area contributed by atoms with Gasteiger partial charge in [-0.15, -0.1) is 23.4 Å². The van der Waals surface area contributed by atoms with E-state index in [4.69, 9.17) is 11.6 Å². The van der Waals surface area contributed by atoms with Gasteiger partial charge in [0.25, 0.3) is 0 Å². The van der Waals surface area contributed by atoms with Crippen molar-refractivity contribution in [2.75, 3.05) is 17.5 Å². The quantitative estimate of drug-likeness (QED) is 0.635. The van der Waals surface area contributed by atoms with Crippen LogP contribution in [0.15, 0.2) is 29.2 Å². The first-order chi connectivity index (χ1) is 7.27. The van der Waals surface area contributed by atoms with E-state index >= 15 is 0 Å². The lowest BCUT2D eigenvalue weighted by Crippen LogP contribution is -2.11. The maximum Gasteiger partial charge on any atom is 0.224 e. The number of anilines is 1. The summed E-state index contributed by atoms with van der Waals surface area (Å²) in [5, 5.41) is 2.88. The van der Waals surface area contributed by atoms with Gasteiger partial charge in [-0.2, -0.15) is 0 Å². The molecule has 0 unspecified atom stereocenters. The fourth-order valence-electron chi connectivity index (χ4n) is 1.19. The molecule has 0 saturated carbocycles. The molecular weight excluding hydrogens is 230 g/mol. The monoisotopic (exact) mass is 243 g/mol. The van der Waals surface area contributed by atoms with E-state index < -0.39 is 0 Å². The van der Waals surface area contributed by atoms with Crippen molar-refractivity contribution in [1.82, 2.24) is 0 Å². The summed E-state index contributed by atoms with van der Waals surface area (Å²) < 4.78 is 0. The third-order valence-electron chi connectivity index (χ3n) is 1.92. The number of amides is 1. The maximum absolute atomic E-state index is 11.5. The lowest BCUT2D eigenvalue weighted by molar-refractivity contribution is -0.116. The summed E-state index contributed by atoms with van der Waals surface area (Å²) >= 11 is 7.14. The summed E-state index contributed by atoms with van der Waals surface area (Å²) in [6.45, 7) is 0. The van der Waals surface area contributed by atoms with Gasteiger partial charge in [0, 0.05) is 17.2 Å². The molecule has 0 aliphatic rings. The van der Waals surface area contributed by atoms with E-state index in [0.717, 1.165) is 17.0 Å². The molecule has 0 aliphatic carbocycles. The van der Waals surface area contributed by atoms with Crippen molar-refractivity contribution in [1.29, 1.82) is 0 Å². The number of nitrogens with one attached hydrogen (secondary N) is 1. The Morgan fingerprint density at radius 2 is 2.20 bits per heavy atom. The molecule has 0 aromatic heterocycles. The van der Waals surface area contributed by atoms with Crippen LogP contribution in [0.1, 0.15) is 12.8 Å². The number of thioether (sulfide) groups is 1. The molecule has 15 heavy (non-hydrogen) atoms. The molecule has 1 rings (SSSR count). The van der Waals surface area contributed by atoms with E-state index in [1.54, 1.807) is 11.8 Å². The van der Waals surface area contributed by atoms with Crippen molar-refractivity contribution in [2.45, 2.75) is 17.7 Å². The molecule has 0 spiro atoms. The summed E-state index contributed by atoms with van der Waals surface area (Å²) in [5.74, 6) is 0.551. The highest BCUT2D eigenvalue weighted by Gasteiger charge is 2.04. The van der Waals surface area contributed by atoms with Crippen molar-refractivity contribution >= 4 is 35.0 Å². The number of hydrogen-bond acceptors (Lipinski definition) is 2. The molecule has 0 radical (unpaired) electrons. The largest absolute Gasteiger partial charge is 0.325 e. The average molecular weight is 244 g/mol. The molecule has 0 aliphatic heterocycles. The van der Waals surface area contributed by atoms with Crippen LogP contribution in [0.4, 0.5) is 5.69 Å². The Morgan fingerprint density at radius 3 is 2.87 bits per heavy atom. The molecule has 1 amide bonds. The number of halogens is 1. The Labute approximate surface area is 99.4 Å². The van der Waals surface area contributed by atoms with Crippen LogP contribution >= 0.6 is 23.4 Å². The third kappa shape index (κ3) is 4.14. The second-order valence-electron chi connectivity index (χ2n) is 3.04. The number of rotatable bonds is 5. The molecular formula is C11H14ClNOS. The molecule has 1 aromatic carbocycles. The van der Waals surface area contributed by atoms with Crippen molar-refractivity contribution in [3.8, 4) is 0 Å². The van der Waals surface area contributed by atoms with E-state index in [9.17, 15) is 4.79 Å². The first-order valence-electron chi connectivity index (χ1n) is 4.76. The van der Waals surface area contributed by atoms with Gasteiger partial charge in [-0.05, 0) is 24.8 Å². The summed E-state index contributed by atoms with van der Waals surface area (Å²) in [5.41, 5.74) is 0.879. The van der Waals surface area contributed by atoms with E-state index in [2.05, 4.69) is 5.32 Å². The number of hydrogen-bond donors (Lipinski definition) is 1. The van der Waals surface area contributed by atoms with Crippen LogP contribution in [-0.2, 0) is 4.79 Å². The van der Waals surface area contributed by atoms with Crippen LogP contribution in [0.3, 0.4) is 0 Å². The minimum atomic E-state index is 0.0251. The van der Waals surface area contributed by atoms with Crippen LogP contribution in [0, 0.1) is 0 Å². The van der Waals surface area contributed by atoms with Gasteiger partial charge in [-0.1, -0.05) is 12.1 Å². The Bertz CT molecular complexity index is 330. The van der Waals surface area contributed by atoms with Gasteiger partial charge in [0.1, 0.15) is 0 Å². The molecule has 0 saturated heterocycles. The van der Waals surface area contributed by atoms with Crippen LogP contribution in [0.25, 0.3) is 0 Å². The van der Waals surface area contributed by atoms with E-state index in [1.165, 1.54) is 0 Å². The molecule has 4 heteroatoms. The molecule has 82 valence electrons. The lowest BCUT2D eigenvalue weighted by atomic mass is 10.3. The highest BCUT2D eigenvalue weighted by molar-refractivity contribution is 7.98. The summed E-state index contributed by atoms with van der Waals surface area (Å²) in [6.07, 6.45) is 3.19. The number of para-hydroxylation sites is 1. The first kappa shape index (κ1) is 12.4. The second-order valence-corrected chi connectivity index (χ2v) is 4.27. The van der Waals surface area contributed by atoms with Crippen LogP contribution in [0.2, 0.25) is 0 Å².